The normalized spacial score (nSPS) is 13.4. The highest BCUT2D eigenvalue weighted by Gasteiger charge is 2.22. The van der Waals surface area contributed by atoms with Gasteiger partial charge in [-0.25, -0.2) is 4.98 Å². The van der Waals surface area contributed by atoms with Gasteiger partial charge >= 0.3 is 0 Å². The molecule has 0 unspecified atom stereocenters. The number of nitrogens with one attached hydrogen (secondary N) is 3. The van der Waals surface area contributed by atoms with Crippen LogP contribution in [0.4, 0.5) is 23.0 Å². The van der Waals surface area contributed by atoms with Crippen molar-refractivity contribution in [3.05, 3.63) is 102 Å². The zero-order chi connectivity index (χ0) is 31.9. The van der Waals surface area contributed by atoms with Crippen LogP contribution in [0.2, 0.25) is 0 Å². The molecule has 3 heterocycles. The third-order valence-electron chi connectivity index (χ3n) is 7.85. The molecule has 5 aromatic rings. The number of amides is 1. The molecule has 0 aliphatic carbocycles. The number of benzene rings is 3. The molecule has 0 saturated carbocycles. The summed E-state index contributed by atoms with van der Waals surface area (Å²) in [6, 6.07) is 25.2. The minimum Gasteiger partial charge on any atom is -0.371 e. The number of aromatic nitrogens is 4. The lowest BCUT2D eigenvalue weighted by molar-refractivity contribution is -0.114. The fourth-order valence-corrected chi connectivity index (χ4v) is 5.61. The number of hydrogen-bond donors (Lipinski definition) is 3. The zero-order valence-corrected chi connectivity index (χ0v) is 26.2. The van der Waals surface area contributed by atoms with Gasteiger partial charge in [0.1, 0.15) is 5.69 Å². The molecule has 1 aliphatic rings. The van der Waals surface area contributed by atoms with Crippen molar-refractivity contribution >= 4 is 45.7 Å². The van der Waals surface area contributed by atoms with E-state index < -0.39 is 0 Å². The molecule has 3 aromatic carbocycles. The Morgan fingerprint density at radius 3 is 2.50 bits per heavy atom. The van der Waals surface area contributed by atoms with Crippen molar-refractivity contribution < 1.29 is 9.59 Å². The summed E-state index contributed by atoms with van der Waals surface area (Å²) < 4.78 is 0. The molecule has 1 fully saturated rings. The fourth-order valence-electron chi connectivity index (χ4n) is 5.61. The minimum atomic E-state index is -0.356. The number of piperidine rings is 1. The second kappa shape index (κ2) is 14.2. The average molecular weight is 615 g/mol. The van der Waals surface area contributed by atoms with Crippen LogP contribution >= 0.6 is 0 Å². The molecule has 0 atom stereocenters. The monoisotopic (exact) mass is 614 g/mol. The van der Waals surface area contributed by atoms with Gasteiger partial charge in [0.05, 0.1) is 11.1 Å². The number of anilines is 4. The molecule has 2 aromatic heterocycles. The summed E-state index contributed by atoms with van der Waals surface area (Å²) in [5.41, 5.74) is 5.39. The van der Waals surface area contributed by atoms with Crippen molar-refractivity contribution in [3.8, 4) is 11.3 Å². The number of allylic oxidation sites excluding steroid dienone is 1. The Morgan fingerprint density at radius 2 is 1.70 bits per heavy atom. The molecule has 0 spiro atoms. The van der Waals surface area contributed by atoms with Crippen LogP contribution in [0, 0.1) is 0 Å². The Hall–Kier alpha value is -5.35. The number of nitrogens with zero attached hydrogens (tertiary/aromatic N) is 5. The summed E-state index contributed by atoms with van der Waals surface area (Å²) in [6.07, 6.45) is 7.38. The predicted octanol–water partition coefficient (Wildman–Crippen LogP) is 6.24. The lowest BCUT2D eigenvalue weighted by atomic mass is 10.0. The summed E-state index contributed by atoms with van der Waals surface area (Å²) in [6.45, 7) is 2.78. The molecular formula is C36H38N8O2. The van der Waals surface area contributed by atoms with Gasteiger partial charge in [0.25, 0.3) is 5.91 Å². The lowest BCUT2D eigenvalue weighted by Gasteiger charge is -2.29. The van der Waals surface area contributed by atoms with Gasteiger partial charge in [0, 0.05) is 48.7 Å². The van der Waals surface area contributed by atoms with Gasteiger partial charge in [-0.05, 0) is 81.4 Å². The Balaban J connectivity index is 1.36. The Kier molecular flexibility index (Phi) is 9.45. The molecular weight excluding hydrogens is 576 g/mol. The van der Waals surface area contributed by atoms with Crippen LogP contribution in [-0.2, 0) is 11.2 Å². The van der Waals surface area contributed by atoms with Gasteiger partial charge in [0.15, 0.2) is 11.4 Å². The number of ketones is 1. The van der Waals surface area contributed by atoms with Crippen LogP contribution in [0.15, 0.2) is 91.0 Å². The van der Waals surface area contributed by atoms with Crippen molar-refractivity contribution in [2.45, 2.75) is 25.7 Å². The van der Waals surface area contributed by atoms with Crippen molar-refractivity contribution in [2.24, 2.45) is 0 Å². The van der Waals surface area contributed by atoms with Crippen LogP contribution in [0.3, 0.4) is 0 Å². The number of fused-ring (bicyclic) bond motifs is 1. The van der Waals surface area contributed by atoms with E-state index in [0.29, 0.717) is 34.9 Å². The molecule has 234 valence electrons. The van der Waals surface area contributed by atoms with Gasteiger partial charge in [-0.15, -0.1) is 0 Å². The summed E-state index contributed by atoms with van der Waals surface area (Å²) in [4.78, 5) is 40.2. The van der Waals surface area contributed by atoms with E-state index in [4.69, 9.17) is 9.97 Å². The predicted molar refractivity (Wildman–Crippen MR) is 184 cm³/mol. The molecule has 10 nitrogen and oxygen atoms in total. The first kappa shape index (κ1) is 30.7. The molecule has 10 heteroatoms. The average Bonchev–Trinajstić information content (AvgIpc) is 3.50. The summed E-state index contributed by atoms with van der Waals surface area (Å²) in [7, 11) is 3.92. The number of rotatable bonds is 11. The van der Waals surface area contributed by atoms with E-state index in [0.717, 1.165) is 35.6 Å². The Labute approximate surface area is 268 Å². The third kappa shape index (κ3) is 7.47. The first-order valence-corrected chi connectivity index (χ1v) is 15.6. The zero-order valence-electron chi connectivity index (χ0n) is 26.2. The van der Waals surface area contributed by atoms with Gasteiger partial charge in [-0.3, -0.25) is 14.7 Å². The van der Waals surface area contributed by atoms with Gasteiger partial charge < -0.3 is 20.4 Å². The largest absolute Gasteiger partial charge is 0.371 e. The van der Waals surface area contributed by atoms with Crippen LogP contribution in [0.25, 0.3) is 22.3 Å². The highest BCUT2D eigenvalue weighted by atomic mass is 16.2. The summed E-state index contributed by atoms with van der Waals surface area (Å²) in [5, 5.41) is 14.1. The molecule has 1 saturated heterocycles. The van der Waals surface area contributed by atoms with Crippen molar-refractivity contribution in [1.82, 2.24) is 25.1 Å². The van der Waals surface area contributed by atoms with Crippen molar-refractivity contribution in [3.63, 3.8) is 0 Å². The first-order valence-electron chi connectivity index (χ1n) is 15.6. The number of para-hydroxylation sites is 1. The van der Waals surface area contributed by atoms with Crippen molar-refractivity contribution in [1.29, 1.82) is 0 Å². The SMILES string of the molecule is CN(C)C/C=C/C(=O)Cc1cccc(-c2nc(Nc3cccc(N4CCCCC4)c3)nc3n[nH]c(C(=O)Nc4ccccc4)c23)c1. The molecule has 6 rings (SSSR count). The number of H-pyrrole nitrogens is 1. The molecule has 3 N–H and O–H groups in total. The van der Waals surface area contributed by atoms with E-state index in [1.165, 1.54) is 19.3 Å². The second-order valence-electron chi connectivity index (χ2n) is 11.7. The van der Waals surface area contributed by atoms with Crippen molar-refractivity contribution in [2.75, 3.05) is 49.3 Å². The maximum absolute atomic E-state index is 13.5. The highest BCUT2D eigenvalue weighted by Crippen LogP contribution is 2.32. The van der Waals surface area contributed by atoms with E-state index in [9.17, 15) is 9.59 Å². The summed E-state index contributed by atoms with van der Waals surface area (Å²) in [5.74, 6) is 0.00720. The molecule has 46 heavy (non-hydrogen) atoms. The Bertz CT molecular complexity index is 1860. The van der Waals surface area contributed by atoms with E-state index in [2.05, 4.69) is 37.9 Å². The molecule has 1 aliphatic heterocycles. The molecule has 0 bridgehead atoms. The maximum Gasteiger partial charge on any atom is 0.274 e. The molecule has 0 radical (unpaired) electrons. The molecule has 1 amide bonds. The first-order chi connectivity index (χ1) is 22.4. The number of likely N-dealkylation sites (N-methyl/N-ethyl adjacent to an activating group) is 1. The van der Waals surface area contributed by atoms with Gasteiger partial charge in [-0.1, -0.05) is 48.5 Å². The number of carbonyl (C=O) groups excluding carboxylic acids is 2. The van der Waals surface area contributed by atoms with Crippen LogP contribution in [-0.4, -0.2) is 70.5 Å². The Morgan fingerprint density at radius 1 is 0.913 bits per heavy atom. The van der Waals surface area contributed by atoms with E-state index in [1.807, 2.05) is 91.8 Å². The van der Waals surface area contributed by atoms with Gasteiger partial charge in [0.2, 0.25) is 5.95 Å². The van der Waals surface area contributed by atoms with E-state index in [1.54, 1.807) is 6.08 Å². The van der Waals surface area contributed by atoms with Crippen LogP contribution in [0.5, 0.6) is 0 Å². The number of hydrogen-bond acceptors (Lipinski definition) is 8. The minimum absolute atomic E-state index is 0.00835. The quantitative estimate of drug-likeness (QED) is 0.150. The third-order valence-corrected chi connectivity index (χ3v) is 7.85. The lowest BCUT2D eigenvalue weighted by Crippen LogP contribution is -2.29. The highest BCUT2D eigenvalue weighted by molar-refractivity contribution is 6.13. The second-order valence-corrected chi connectivity index (χ2v) is 11.7. The van der Waals surface area contributed by atoms with Gasteiger partial charge in [-0.2, -0.15) is 10.1 Å². The number of aromatic amines is 1. The standard InChI is InChI=1S/C36H38N8O2/c1-43(2)19-11-18-30(45)23-25-12-9-13-26(22-25)32-31-33(35(46)37-27-14-5-3-6-15-27)41-42-34(31)40-36(39-32)38-28-16-10-17-29(24-28)44-20-7-4-8-21-44/h3,5-6,9-18,22,24H,4,7-8,19-21,23H2,1-2H3,(H,37,46)(H2,38,39,40,41,42)/b18-11+. The van der Waals surface area contributed by atoms with E-state index in [-0.39, 0.29) is 23.8 Å². The summed E-state index contributed by atoms with van der Waals surface area (Å²) >= 11 is 0. The van der Waals surface area contributed by atoms with Crippen LogP contribution < -0.4 is 15.5 Å². The number of carbonyl (C=O) groups is 2. The fraction of sp³-hybridized carbons (Fsp3) is 0.250. The van der Waals surface area contributed by atoms with E-state index >= 15 is 0 Å². The maximum atomic E-state index is 13.5. The smallest absolute Gasteiger partial charge is 0.274 e. The topological polar surface area (TPSA) is 119 Å². The van der Waals surface area contributed by atoms with Crippen LogP contribution in [0.1, 0.15) is 35.3 Å².